The molecule has 1 saturated carbocycles. The van der Waals surface area contributed by atoms with Gasteiger partial charge in [-0.25, -0.2) is 0 Å². The van der Waals surface area contributed by atoms with Crippen LogP contribution >= 0.6 is 15.9 Å². The van der Waals surface area contributed by atoms with Crippen LogP contribution in [0, 0.1) is 5.41 Å². The molecule has 0 aliphatic heterocycles. The molecule has 1 atom stereocenters. The number of hydrogen-bond acceptors (Lipinski definition) is 3. The van der Waals surface area contributed by atoms with Crippen molar-refractivity contribution in [2.24, 2.45) is 5.41 Å². The fourth-order valence-electron chi connectivity index (χ4n) is 2.58. The molecular weight excluding hydrogens is 308 g/mol. The molecule has 4 heteroatoms. The lowest BCUT2D eigenvalue weighted by Gasteiger charge is -2.30. The summed E-state index contributed by atoms with van der Waals surface area (Å²) in [7, 11) is 0. The zero-order valence-corrected chi connectivity index (χ0v) is 13.2. The van der Waals surface area contributed by atoms with Gasteiger partial charge in [-0.2, -0.15) is 0 Å². The van der Waals surface area contributed by atoms with E-state index in [1.807, 2.05) is 12.2 Å². The van der Waals surface area contributed by atoms with E-state index >= 15 is 0 Å². The van der Waals surface area contributed by atoms with E-state index in [0.717, 1.165) is 31.0 Å². The van der Waals surface area contributed by atoms with Crippen LogP contribution in [0.15, 0.2) is 12.2 Å². The molecule has 0 N–H and O–H groups in total. The second-order valence-electron chi connectivity index (χ2n) is 4.97. The first-order valence-electron chi connectivity index (χ1n) is 7.09. The van der Waals surface area contributed by atoms with Gasteiger partial charge in [0.25, 0.3) is 0 Å². The topological polar surface area (TPSA) is 43.4 Å². The Labute approximate surface area is 123 Å². The fraction of sp³-hybridized carbons (Fsp3) is 0.733. The maximum Gasteiger partial charge on any atom is 0.319 e. The van der Waals surface area contributed by atoms with Gasteiger partial charge in [0.05, 0.1) is 6.61 Å². The Hall–Kier alpha value is -0.640. The zero-order chi connectivity index (χ0) is 14.1. The van der Waals surface area contributed by atoms with Gasteiger partial charge in [0.2, 0.25) is 0 Å². The first-order valence-corrected chi connectivity index (χ1v) is 8.21. The number of ether oxygens (including phenoxy) is 1. The summed E-state index contributed by atoms with van der Waals surface area (Å²) in [6.07, 6.45) is 9.44. The molecule has 19 heavy (non-hydrogen) atoms. The lowest BCUT2D eigenvalue weighted by molar-refractivity contribution is -0.161. The first-order chi connectivity index (χ1) is 9.17. The maximum atomic E-state index is 12.5. The number of carbonyl (C=O) groups excluding carboxylic acids is 2. The average Bonchev–Trinajstić information content (AvgIpc) is 2.38. The van der Waals surface area contributed by atoms with Crippen LogP contribution in [-0.2, 0) is 14.3 Å². The van der Waals surface area contributed by atoms with Gasteiger partial charge in [-0.1, -0.05) is 47.3 Å². The molecule has 0 saturated heterocycles. The van der Waals surface area contributed by atoms with Crippen molar-refractivity contribution < 1.29 is 14.3 Å². The summed E-state index contributed by atoms with van der Waals surface area (Å²) >= 11 is 3.31. The second-order valence-corrected chi connectivity index (χ2v) is 5.62. The number of esters is 1. The van der Waals surface area contributed by atoms with Gasteiger partial charge in [0, 0.05) is 11.8 Å². The van der Waals surface area contributed by atoms with Crippen molar-refractivity contribution in [2.45, 2.75) is 51.9 Å². The molecule has 1 aliphatic rings. The summed E-state index contributed by atoms with van der Waals surface area (Å²) in [6, 6.07) is 0. The molecule has 0 aromatic heterocycles. The van der Waals surface area contributed by atoms with Crippen molar-refractivity contribution in [3.8, 4) is 0 Å². The lowest BCUT2D eigenvalue weighted by Crippen LogP contribution is -2.41. The Morgan fingerprint density at radius 2 is 2.05 bits per heavy atom. The van der Waals surface area contributed by atoms with Crippen molar-refractivity contribution in [3.05, 3.63) is 12.2 Å². The number of alkyl halides is 1. The normalized spacial score (nSPS) is 25.1. The molecule has 1 fully saturated rings. The highest BCUT2D eigenvalue weighted by molar-refractivity contribution is 9.09. The SMILES string of the molecule is CCOC(=O)C1(C/C=C\CBr)CCCCCCC1=O. The summed E-state index contributed by atoms with van der Waals surface area (Å²) in [4.78, 5) is 24.8. The number of rotatable bonds is 5. The van der Waals surface area contributed by atoms with Crippen LogP contribution in [0.3, 0.4) is 0 Å². The summed E-state index contributed by atoms with van der Waals surface area (Å²) in [5.74, 6) is -0.272. The van der Waals surface area contributed by atoms with Crippen LogP contribution in [0.2, 0.25) is 0 Å². The predicted molar refractivity (Wildman–Crippen MR) is 79.3 cm³/mol. The van der Waals surface area contributed by atoms with Crippen LogP contribution < -0.4 is 0 Å². The standard InChI is InChI=1S/C15H23BrO3/c1-2-19-14(18)15(11-7-8-12-16)10-6-4-3-5-9-13(15)17/h7-8H,2-6,9-12H2,1H3/b8-7-. The Morgan fingerprint density at radius 1 is 1.32 bits per heavy atom. The largest absolute Gasteiger partial charge is 0.465 e. The highest BCUT2D eigenvalue weighted by Gasteiger charge is 2.45. The fourth-order valence-corrected chi connectivity index (χ4v) is 2.84. The van der Waals surface area contributed by atoms with Crippen molar-refractivity contribution in [1.82, 2.24) is 0 Å². The lowest BCUT2D eigenvalue weighted by atomic mass is 9.72. The number of ketones is 1. The summed E-state index contributed by atoms with van der Waals surface area (Å²) in [5, 5.41) is 0.736. The molecule has 0 spiro atoms. The third-order valence-corrected chi connectivity index (χ3v) is 4.05. The Kier molecular flexibility index (Phi) is 7.36. The minimum atomic E-state index is -0.935. The predicted octanol–water partition coefficient (Wildman–Crippen LogP) is 3.80. The third kappa shape index (κ3) is 4.44. The summed E-state index contributed by atoms with van der Waals surface area (Å²) in [5.41, 5.74) is -0.935. The molecule has 3 nitrogen and oxygen atoms in total. The van der Waals surface area contributed by atoms with Crippen molar-refractivity contribution in [1.29, 1.82) is 0 Å². The van der Waals surface area contributed by atoms with E-state index in [9.17, 15) is 9.59 Å². The molecule has 0 heterocycles. The van der Waals surface area contributed by atoms with Crippen molar-refractivity contribution in [3.63, 3.8) is 0 Å². The van der Waals surface area contributed by atoms with Crippen LogP contribution in [0.5, 0.6) is 0 Å². The average molecular weight is 331 g/mol. The minimum absolute atomic E-state index is 0.0601. The van der Waals surface area contributed by atoms with E-state index in [-0.39, 0.29) is 11.8 Å². The van der Waals surface area contributed by atoms with Gasteiger partial charge in [-0.05, 0) is 26.2 Å². The summed E-state index contributed by atoms with van der Waals surface area (Å²) < 4.78 is 5.18. The number of allylic oxidation sites excluding steroid dienone is 2. The van der Waals surface area contributed by atoms with Crippen LogP contribution in [-0.4, -0.2) is 23.7 Å². The third-order valence-electron chi connectivity index (χ3n) is 3.68. The van der Waals surface area contributed by atoms with E-state index in [0.29, 0.717) is 25.9 Å². The van der Waals surface area contributed by atoms with Gasteiger partial charge >= 0.3 is 5.97 Å². The number of hydrogen-bond donors (Lipinski definition) is 0. The van der Waals surface area contributed by atoms with E-state index in [1.165, 1.54) is 0 Å². The van der Waals surface area contributed by atoms with Gasteiger partial charge in [-0.3, -0.25) is 9.59 Å². The van der Waals surface area contributed by atoms with E-state index in [4.69, 9.17) is 4.74 Å². The molecule has 108 valence electrons. The monoisotopic (exact) mass is 330 g/mol. The van der Waals surface area contributed by atoms with Crippen LogP contribution in [0.1, 0.15) is 51.9 Å². The summed E-state index contributed by atoms with van der Waals surface area (Å²) in [6.45, 7) is 2.11. The van der Waals surface area contributed by atoms with Gasteiger partial charge in [0.1, 0.15) is 11.2 Å². The molecule has 0 aromatic carbocycles. The zero-order valence-electron chi connectivity index (χ0n) is 11.6. The molecule has 0 radical (unpaired) electrons. The molecule has 1 aliphatic carbocycles. The molecular formula is C15H23BrO3. The minimum Gasteiger partial charge on any atom is -0.465 e. The van der Waals surface area contributed by atoms with E-state index in [2.05, 4.69) is 15.9 Å². The Morgan fingerprint density at radius 3 is 2.74 bits per heavy atom. The first kappa shape index (κ1) is 16.4. The molecule has 0 aromatic rings. The smallest absolute Gasteiger partial charge is 0.319 e. The van der Waals surface area contributed by atoms with Crippen molar-refractivity contribution in [2.75, 3.05) is 11.9 Å². The quantitative estimate of drug-likeness (QED) is 0.333. The molecule has 0 bridgehead atoms. The molecule has 0 amide bonds. The highest BCUT2D eigenvalue weighted by Crippen LogP contribution is 2.36. The highest BCUT2D eigenvalue weighted by atomic mass is 79.9. The second kappa shape index (κ2) is 8.51. The van der Waals surface area contributed by atoms with Gasteiger partial charge < -0.3 is 4.74 Å². The Balaban J connectivity index is 2.94. The van der Waals surface area contributed by atoms with Crippen LogP contribution in [0.25, 0.3) is 0 Å². The van der Waals surface area contributed by atoms with E-state index in [1.54, 1.807) is 6.92 Å². The maximum absolute atomic E-state index is 12.5. The van der Waals surface area contributed by atoms with Gasteiger partial charge in [-0.15, -0.1) is 0 Å². The number of Topliss-reactive ketones (excluding diaryl/α,β-unsaturated/α-hetero) is 1. The van der Waals surface area contributed by atoms with Crippen molar-refractivity contribution >= 4 is 27.7 Å². The van der Waals surface area contributed by atoms with Gasteiger partial charge in [0.15, 0.2) is 0 Å². The van der Waals surface area contributed by atoms with Crippen LogP contribution in [0.4, 0.5) is 0 Å². The van der Waals surface area contributed by atoms with E-state index < -0.39 is 5.41 Å². The number of halogens is 1. The number of carbonyl (C=O) groups is 2. The molecule has 1 rings (SSSR count). The Bertz CT molecular complexity index is 328. The molecule has 1 unspecified atom stereocenters.